The van der Waals surface area contributed by atoms with Gasteiger partial charge in [0.2, 0.25) is 5.91 Å². The Kier molecular flexibility index (Phi) is 5.37. The Hall–Kier alpha value is -4.16. The number of aromatic nitrogens is 3. The fraction of sp³-hybridized carbons (Fsp3) is 0.400. The molecular formula is C25H24F3N7O3. The number of fused-ring (bicyclic) bond motifs is 2. The first-order chi connectivity index (χ1) is 18.0. The number of carbonyl (C=O) groups excluding carboxylic acids is 3. The summed E-state index contributed by atoms with van der Waals surface area (Å²) in [6.45, 7) is 2.23. The Bertz CT molecular complexity index is 1510. The second kappa shape index (κ2) is 8.43. The first-order valence-electron chi connectivity index (χ1n) is 12.3. The van der Waals surface area contributed by atoms with Crippen molar-refractivity contribution >= 4 is 29.2 Å². The number of carbonyl (C=O) groups is 3. The topological polar surface area (TPSA) is 135 Å². The van der Waals surface area contributed by atoms with Crippen LogP contribution in [0.5, 0.6) is 0 Å². The van der Waals surface area contributed by atoms with E-state index < -0.39 is 29.6 Å². The zero-order valence-corrected chi connectivity index (χ0v) is 20.3. The van der Waals surface area contributed by atoms with E-state index in [1.807, 2.05) is 6.92 Å². The summed E-state index contributed by atoms with van der Waals surface area (Å²) in [5, 5.41) is 9.43. The van der Waals surface area contributed by atoms with Crippen molar-refractivity contribution in [3.8, 4) is 11.3 Å². The quantitative estimate of drug-likeness (QED) is 0.466. The molecule has 0 spiro atoms. The first kappa shape index (κ1) is 24.2. The molecule has 2 atom stereocenters. The number of nitrogens with one attached hydrogen (secondary N) is 2. The van der Waals surface area contributed by atoms with Crippen molar-refractivity contribution in [2.75, 3.05) is 12.3 Å². The Labute approximate surface area is 214 Å². The second-order valence-corrected chi connectivity index (χ2v) is 10.1. The number of nitrogen functional groups attached to an aromatic ring is 1. The number of hydrogen-bond acceptors (Lipinski definition) is 6. The summed E-state index contributed by atoms with van der Waals surface area (Å²) in [6.07, 6.45) is -1.26. The Morgan fingerprint density at radius 3 is 2.68 bits per heavy atom. The van der Waals surface area contributed by atoms with Gasteiger partial charge in [0.1, 0.15) is 5.56 Å². The molecular weight excluding hydrogens is 503 g/mol. The van der Waals surface area contributed by atoms with E-state index in [1.165, 1.54) is 21.7 Å². The van der Waals surface area contributed by atoms with Crippen LogP contribution < -0.4 is 16.4 Å². The van der Waals surface area contributed by atoms with Crippen molar-refractivity contribution in [3.63, 3.8) is 0 Å². The van der Waals surface area contributed by atoms with Gasteiger partial charge in [-0.15, -0.1) is 5.10 Å². The van der Waals surface area contributed by atoms with Gasteiger partial charge in [0.05, 0.1) is 22.9 Å². The number of amides is 3. The summed E-state index contributed by atoms with van der Waals surface area (Å²) in [5.41, 5.74) is 5.29. The van der Waals surface area contributed by atoms with E-state index in [4.69, 9.17) is 5.73 Å². The van der Waals surface area contributed by atoms with Gasteiger partial charge in [-0.3, -0.25) is 14.4 Å². The van der Waals surface area contributed by atoms with E-state index in [9.17, 15) is 27.6 Å². The SMILES string of the molecule is CC(C1CC1)N1Cc2cc(-c3ccn4nc(N)c(C(=O)N[C@H]5CNC(=O)C5)c4n3)cc(C(F)(F)F)c2C1=O. The largest absolute Gasteiger partial charge is 0.417 e. The van der Waals surface area contributed by atoms with Gasteiger partial charge in [-0.05, 0) is 49.4 Å². The molecule has 38 heavy (non-hydrogen) atoms. The molecule has 1 unspecified atom stereocenters. The van der Waals surface area contributed by atoms with E-state index in [-0.39, 0.29) is 65.3 Å². The van der Waals surface area contributed by atoms with Gasteiger partial charge < -0.3 is 21.3 Å². The van der Waals surface area contributed by atoms with Crippen LogP contribution in [-0.4, -0.2) is 55.8 Å². The number of nitrogens with zero attached hydrogens (tertiary/aromatic N) is 4. The van der Waals surface area contributed by atoms with Crippen LogP contribution in [0.3, 0.4) is 0 Å². The number of nitrogens with two attached hydrogens (primary N) is 1. The molecule has 6 rings (SSSR count). The van der Waals surface area contributed by atoms with Crippen molar-refractivity contribution in [1.82, 2.24) is 30.1 Å². The maximum Gasteiger partial charge on any atom is 0.417 e. The highest BCUT2D eigenvalue weighted by atomic mass is 19.4. The molecule has 1 saturated heterocycles. The Balaban J connectivity index is 1.40. The number of anilines is 1. The first-order valence-corrected chi connectivity index (χ1v) is 12.3. The van der Waals surface area contributed by atoms with E-state index in [0.717, 1.165) is 18.9 Å². The van der Waals surface area contributed by atoms with Gasteiger partial charge in [0, 0.05) is 37.3 Å². The van der Waals surface area contributed by atoms with Crippen LogP contribution in [0.1, 0.15) is 58.0 Å². The molecule has 2 aromatic heterocycles. The zero-order chi connectivity index (χ0) is 26.9. The lowest BCUT2D eigenvalue weighted by molar-refractivity contribution is -0.138. The van der Waals surface area contributed by atoms with Crippen molar-refractivity contribution in [3.05, 3.63) is 46.6 Å². The highest BCUT2D eigenvalue weighted by Crippen LogP contribution is 2.43. The summed E-state index contributed by atoms with van der Waals surface area (Å²) >= 11 is 0. The molecule has 4 heterocycles. The normalized spacial score (nSPS) is 20.1. The molecule has 1 aliphatic carbocycles. The zero-order valence-electron chi connectivity index (χ0n) is 20.3. The standard InChI is InChI=1S/C25H24F3N7O3/c1-11(12-2-3-12)34-10-14-6-13(7-16(25(26,27)28)19(14)24(34)38)17-4-5-35-22(32-17)20(21(29)33-35)23(37)31-15-8-18(36)30-9-15/h4-7,11-12,15H,2-3,8-10H2,1H3,(H2,29,33)(H,30,36)(H,31,37)/t11?,15-/m1/s1. The minimum absolute atomic E-state index is 0.0389. The summed E-state index contributed by atoms with van der Waals surface area (Å²) in [4.78, 5) is 43.5. The van der Waals surface area contributed by atoms with Crippen molar-refractivity contribution in [2.24, 2.45) is 5.92 Å². The molecule has 3 aromatic rings. The van der Waals surface area contributed by atoms with Gasteiger partial charge in [0.25, 0.3) is 11.8 Å². The molecule has 0 bridgehead atoms. The molecule has 3 aliphatic rings. The van der Waals surface area contributed by atoms with Crippen molar-refractivity contribution in [2.45, 2.75) is 51.0 Å². The van der Waals surface area contributed by atoms with E-state index >= 15 is 0 Å². The van der Waals surface area contributed by atoms with Crippen LogP contribution in [0.15, 0.2) is 24.4 Å². The van der Waals surface area contributed by atoms with Crippen LogP contribution >= 0.6 is 0 Å². The van der Waals surface area contributed by atoms with Crippen LogP contribution in [-0.2, 0) is 17.5 Å². The number of rotatable bonds is 5. The molecule has 3 amide bonds. The molecule has 10 nitrogen and oxygen atoms in total. The minimum atomic E-state index is -4.75. The lowest BCUT2D eigenvalue weighted by atomic mass is 9.97. The maximum atomic E-state index is 14.2. The third-order valence-electron chi connectivity index (χ3n) is 7.48. The summed E-state index contributed by atoms with van der Waals surface area (Å²) in [5.74, 6) is -1.19. The summed E-state index contributed by atoms with van der Waals surface area (Å²) in [6, 6.07) is 3.38. The maximum absolute atomic E-state index is 14.2. The van der Waals surface area contributed by atoms with E-state index in [0.29, 0.717) is 11.5 Å². The predicted octanol–water partition coefficient (Wildman–Crippen LogP) is 2.37. The Morgan fingerprint density at radius 1 is 1.26 bits per heavy atom. The lowest BCUT2D eigenvalue weighted by Gasteiger charge is -2.24. The minimum Gasteiger partial charge on any atom is -0.381 e. The Morgan fingerprint density at radius 2 is 2.03 bits per heavy atom. The fourth-order valence-electron chi connectivity index (χ4n) is 5.30. The van der Waals surface area contributed by atoms with Gasteiger partial charge in [-0.25, -0.2) is 9.50 Å². The third kappa shape index (κ3) is 4.02. The average Bonchev–Trinajstić information content (AvgIpc) is 3.43. The van der Waals surface area contributed by atoms with Gasteiger partial charge >= 0.3 is 6.18 Å². The molecule has 13 heteroatoms. The number of halogens is 3. The van der Waals surface area contributed by atoms with Crippen LogP contribution in [0.2, 0.25) is 0 Å². The molecule has 1 aromatic carbocycles. The second-order valence-electron chi connectivity index (χ2n) is 10.1. The highest BCUT2D eigenvalue weighted by molar-refractivity contribution is 6.05. The number of alkyl halides is 3. The highest BCUT2D eigenvalue weighted by Gasteiger charge is 2.44. The molecule has 0 radical (unpaired) electrons. The third-order valence-corrected chi connectivity index (χ3v) is 7.48. The smallest absolute Gasteiger partial charge is 0.381 e. The molecule has 2 fully saturated rings. The number of hydrogen-bond donors (Lipinski definition) is 3. The number of benzene rings is 1. The summed E-state index contributed by atoms with van der Waals surface area (Å²) in [7, 11) is 0. The monoisotopic (exact) mass is 527 g/mol. The van der Waals surface area contributed by atoms with Crippen LogP contribution in [0, 0.1) is 5.92 Å². The van der Waals surface area contributed by atoms with E-state index in [1.54, 1.807) is 6.07 Å². The van der Waals surface area contributed by atoms with Crippen molar-refractivity contribution in [1.29, 1.82) is 0 Å². The fourth-order valence-corrected chi connectivity index (χ4v) is 5.30. The van der Waals surface area contributed by atoms with Crippen LogP contribution in [0.25, 0.3) is 16.9 Å². The van der Waals surface area contributed by atoms with Gasteiger partial charge in [-0.2, -0.15) is 13.2 Å². The molecule has 4 N–H and O–H groups in total. The molecule has 198 valence electrons. The van der Waals surface area contributed by atoms with Crippen molar-refractivity contribution < 1.29 is 27.6 Å². The molecule has 2 aliphatic heterocycles. The summed E-state index contributed by atoms with van der Waals surface area (Å²) < 4.78 is 43.7. The lowest BCUT2D eigenvalue weighted by Crippen LogP contribution is -2.36. The predicted molar refractivity (Wildman–Crippen MR) is 129 cm³/mol. The van der Waals surface area contributed by atoms with Gasteiger partial charge in [0.15, 0.2) is 11.5 Å². The average molecular weight is 528 g/mol. The van der Waals surface area contributed by atoms with Crippen LogP contribution in [0.4, 0.5) is 19.0 Å². The molecule has 1 saturated carbocycles. The van der Waals surface area contributed by atoms with Gasteiger partial charge in [-0.1, -0.05) is 0 Å². The van der Waals surface area contributed by atoms with E-state index in [2.05, 4.69) is 20.7 Å².